The van der Waals surface area contributed by atoms with E-state index in [0.29, 0.717) is 32.4 Å². The monoisotopic (exact) mass is 351 g/mol. The van der Waals surface area contributed by atoms with Crippen LogP contribution >= 0.6 is 35.0 Å². The molecule has 0 aliphatic rings. The summed E-state index contributed by atoms with van der Waals surface area (Å²) in [6, 6.07) is 12.2. The van der Waals surface area contributed by atoms with Crippen molar-refractivity contribution in [3.05, 3.63) is 52.5 Å². The molecule has 0 bridgehead atoms. The molecule has 0 fully saturated rings. The van der Waals surface area contributed by atoms with Crippen molar-refractivity contribution in [1.29, 1.82) is 5.26 Å². The Kier molecular flexibility index (Phi) is 5.96. The maximum absolute atomic E-state index is 8.60. The molecule has 0 amide bonds. The molecule has 22 heavy (non-hydrogen) atoms. The molecule has 0 atom stereocenters. The Balaban J connectivity index is 2.14. The molecule has 0 aliphatic carbocycles. The number of nitrogens with one attached hydrogen (secondary N) is 1. The zero-order valence-electron chi connectivity index (χ0n) is 11.5. The van der Waals surface area contributed by atoms with Gasteiger partial charge in [-0.3, -0.25) is 5.32 Å². The van der Waals surface area contributed by atoms with Crippen LogP contribution in [0.3, 0.4) is 0 Å². The molecule has 112 valence electrons. The van der Waals surface area contributed by atoms with Gasteiger partial charge >= 0.3 is 0 Å². The Labute approximate surface area is 142 Å². The van der Waals surface area contributed by atoms with Gasteiger partial charge in [0, 0.05) is 5.02 Å². The van der Waals surface area contributed by atoms with Gasteiger partial charge in [0.15, 0.2) is 11.4 Å². The average Bonchev–Trinajstić information content (AvgIpc) is 2.51. The van der Waals surface area contributed by atoms with Crippen LogP contribution in [0, 0.1) is 11.5 Å². The number of hydrogen-bond donors (Lipinski definition) is 1. The Morgan fingerprint density at radius 3 is 2.55 bits per heavy atom. The second-order valence-electron chi connectivity index (χ2n) is 4.03. The highest BCUT2D eigenvalue weighted by molar-refractivity contribution is 8.13. The van der Waals surface area contributed by atoms with Crippen LogP contribution in [0.25, 0.3) is 0 Å². The first kappa shape index (κ1) is 16.5. The molecule has 4 nitrogen and oxygen atoms in total. The number of hydrogen-bond acceptors (Lipinski definition) is 4. The van der Waals surface area contributed by atoms with Crippen LogP contribution in [0.4, 0.5) is 5.69 Å². The van der Waals surface area contributed by atoms with Gasteiger partial charge in [0.05, 0.1) is 10.7 Å². The zero-order valence-corrected chi connectivity index (χ0v) is 13.8. The number of aliphatic imine (C=N–C) groups is 1. The largest absolute Gasteiger partial charge is 0.456 e. The van der Waals surface area contributed by atoms with Crippen molar-refractivity contribution in [3.63, 3.8) is 0 Å². The summed E-state index contributed by atoms with van der Waals surface area (Å²) >= 11 is 13.3. The minimum Gasteiger partial charge on any atom is -0.456 e. The summed E-state index contributed by atoms with van der Waals surface area (Å²) in [7, 11) is 0. The van der Waals surface area contributed by atoms with Gasteiger partial charge in [0.1, 0.15) is 11.5 Å². The van der Waals surface area contributed by atoms with Crippen LogP contribution in [0.5, 0.6) is 11.5 Å². The SMILES string of the molecule is CSC(=Nc1ccc(Oc2ccc(Cl)cc2Cl)cc1)NC#N. The van der Waals surface area contributed by atoms with Gasteiger partial charge in [-0.2, -0.15) is 5.26 Å². The minimum absolute atomic E-state index is 0.442. The van der Waals surface area contributed by atoms with Crippen molar-refractivity contribution >= 4 is 45.8 Å². The van der Waals surface area contributed by atoms with E-state index in [4.69, 9.17) is 33.2 Å². The van der Waals surface area contributed by atoms with E-state index in [1.807, 2.05) is 12.4 Å². The standard InChI is InChI=1S/C15H11Cl2N3OS/c1-22-15(19-9-18)20-11-3-5-12(6-4-11)21-14-7-2-10(16)8-13(14)17/h2-8H,1H3,(H,19,20). The molecule has 0 radical (unpaired) electrons. The fourth-order valence-electron chi connectivity index (χ4n) is 1.56. The molecule has 0 saturated heterocycles. The van der Waals surface area contributed by atoms with Gasteiger partial charge in [-0.15, -0.1) is 0 Å². The lowest BCUT2D eigenvalue weighted by molar-refractivity contribution is 0.483. The molecular formula is C15H11Cl2N3OS. The molecule has 0 unspecified atom stereocenters. The highest BCUT2D eigenvalue weighted by Crippen LogP contribution is 2.32. The van der Waals surface area contributed by atoms with Crippen LogP contribution in [-0.2, 0) is 0 Å². The smallest absolute Gasteiger partial charge is 0.183 e. The fourth-order valence-corrected chi connectivity index (χ4v) is 2.35. The van der Waals surface area contributed by atoms with Gasteiger partial charge in [-0.1, -0.05) is 35.0 Å². The summed E-state index contributed by atoms with van der Waals surface area (Å²) in [6.45, 7) is 0. The van der Waals surface area contributed by atoms with Crippen LogP contribution in [0.15, 0.2) is 47.5 Å². The minimum atomic E-state index is 0.442. The summed E-state index contributed by atoms with van der Waals surface area (Å²) in [4.78, 5) is 4.29. The van der Waals surface area contributed by atoms with Crippen LogP contribution in [0.1, 0.15) is 0 Å². The third-order valence-electron chi connectivity index (χ3n) is 2.55. The normalized spacial score (nSPS) is 10.9. The van der Waals surface area contributed by atoms with Gasteiger partial charge < -0.3 is 4.74 Å². The van der Waals surface area contributed by atoms with E-state index in [2.05, 4.69) is 10.3 Å². The Bertz CT molecular complexity index is 727. The molecule has 0 aromatic heterocycles. The second-order valence-corrected chi connectivity index (χ2v) is 5.67. The molecule has 7 heteroatoms. The molecule has 2 aromatic rings. The number of ether oxygens (including phenoxy) is 1. The van der Waals surface area contributed by atoms with E-state index >= 15 is 0 Å². The average molecular weight is 352 g/mol. The lowest BCUT2D eigenvalue weighted by Gasteiger charge is -2.08. The second kappa shape index (κ2) is 7.95. The van der Waals surface area contributed by atoms with Crippen LogP contribution < -0.4 is 10.1 Å². The van der Waals surface area contributed by atoms with Crippen molar-refractivity contribution < 1.29 is 4.74 Å². The Morgan fingerprint density at radius 1 is 1.23 bits per heavy atom. The summed E-state index contributed by atoms with van der Waals surface area (Å²) in [5.41, 5.74) is 0.710. The van der Waals surface area contributed by atoms with E-state index in [9.17, 15) is 0 Å². The van der Waals surface area contributed by atoms with Crippen molar-refractivity contribution in [2.45, 2.75) is 0 Å². The number of thioether (sulfide) groups is 1. The molecule has 0 aliphatic heterocycles. The molecule has 0 heterocycles. The molecule has 0 spiro atoms. The molecule has 0 saturated carbocycles. The Hall–Kier alpha value is -1.87. The number of benzene rings is 2. The molecule has 1 N–H and O–H groups in total. The number of amidine groups is 1. The van der Waals surface area contributed by atoms with Gasteiger partial charge in [-0.25, -0.2) is 4.99 Å². The maximum atomic E-state index is 8.60. The summed E-state index contributed by atoms with van der Waals surface area (Å²) < 4.78 is 5.69. The summed E-state index contributed by atoms with van der Waals surface area (Å²) in [6.07, 6.45) is 3.68. The topological polar surface area (TPSA) is 57.4 Å². The van der Waals surface area contributed by atoms with Crippen molar-refractivity contribution in [2.24, 2.45) is 4.99 Å². The first-order valence-corrected chi connectivity index (χ1v) is 8.11. The van der Waals surface area contributed by atoms with E-state index in [-0.39, 0.29) is 0 Å². The van der Waals surface area contributed by atoms with E-state index < -0.39 is 0 Å². The van der Waals surface area contributed by atoms with Crippen LogP contribution in [0.2, 0.25) is 10.0 Å². The predicted molar refractivity (Wildman–Crippen MR) is 92.3 cm³/mol. The van der Waals surface area contributed by atoms with E-state index in [0.717, 1.165) is 0 Å². The third kappa shape index (κ3) is 4.57. The number of nitriles is 1. The van der Waals surface area contributed by atoms with E-state index in [1.165, 1.54) is 11.8 Å². The van der Waals surface area contributed by atoms with E-state index in [1.54, 1.807) is 42.5 Å². The number of rotatable bonds is 3. The third-order valence-corrected chi connectivity index (χ3v) is 3.66. The Morgan fingerprint density at radius 2 is 1.95 bits per heavy atom. The molecule has 2 aromatic carbocycles. The van der Waals surface area contributed by atoms with Crippen molar-refractivity contribution in [1.82, 2.24) is 5.32 Å². The van der Waals surface area contributed by atoms with Gasteiger partial charge in [-0.05, 0) is 48.7 Å². The van der Waals surface area contributed by atoms with Crippen molar-refractivity contribution in [2.75, 3.05) is 6.26 Å². The van der Waals surface area contributed by atoms with Gasteiger partial charge in [0.2, 0.25) is 0 Å². The van der Waals surface area contributed by atoms with Crippen molar-refractivity contribution in [3.8, 4) is 17.7 Å². The highest BCUT2D eigenvalue weighted by Gasteiger charge is 2.04. The zero-order chi connectivity index (χ0) is 15.9. The number of halogens is 2. The lowest BCUT2D eigenvalue weighted by Crippen LogP contribution is -2.12. The first-order chi connectivity index (χ1) is 10.6. The summed E-state index contributed by atoms with van der Waals surface area (Å²) in [5, 5.41) is 12.6. The summed E-state index contributed by atoms with van der Waals surface area (Å²) in [5.74, 6) is 1.15. The van der Waals surface area contributed by atoms with Crippen LogP contribution in [-0.4, -0.2) is 11.4 Å². The highest BCUT2D eigenvalue weighted by atomic mass is 35.5. The first-order valence-electron chi connectivity index (χ1n) is 6.13. The lowest BCUT2D eigenvalue weighted by atomic mass is 10.3. The molecular weight excluding hydrogens is 341 g/mol. The maximum Gasteiger partial charge on any atom is 0.183 e. The molecule has 2 rings (SSSR count). The predicted octanol–water partition coefficient (Wildman–Crippen LogP) is 5.21. The van der Waals surface area contributed by atoms with Gasteiger partial charge in [0.25, 0.3) is 0 Å². The fraction of sp³-hybridized carbons (Fsp3) is 0.0667. The number of nitrogens with zero attached hydrogens (tertiary/aromatic N) is 2. The quantitative estimate of drug-likeness (QED) is 0.357.